The Labute approximate surface area is 267 Å². The lowest BCUT2D eigenvalue weighted by Gasteiger charge is -2.14. The first-order chi connectivity index (χ1) is 22.2. The lowest BCUT2D eigenvalue weighted by molar-refractivity contribution is 0.0626. The van der Waals surface area contributed by atoms with Crippen LogP contribution in [0.15, 0.2) is 117 Å². The van der Waals surface area contributed by atoms with Gasteiger partial charge in [0.05, 0.1) is 32.8 Å². The monoisotopic (exact) mass is 668 g/mol. The smallest absolute Gasteiger partial charge is 0.206 e. The second-order valence-electron chi connectivity index (χ2n) is 10.7. The molecule has 46 heavy (non-hydrogen) atoms. The summed E-state index contributed by atoms with van der Waals surface area (Å²) in [5.74, 6) is 1.87. The van der Waals surface area contributed by atoms with E-state index in [9.17, 15) is 21.9 Å². The minimum Gasteiger partial charge on any atom is -0.491 e. The Morgan fingerprint density at radius 1 is 0.522 bits per heavy atom. The fraction of sp³-hybridized carbons (Fsp3) is 0.273. The molecule has 13 heteroatoms. The SMILES string of the molecule is O=S(=O)(c1ccc(OCC(O)COc2ccc(S(=O)(=O)c3ccc(OCC4CO4)cc3)cc2)cc1)c1ccc(OCC2CO2)cc1. The van der Waals surface area contributed by atoms with Gasteiger partial charge in [-0.25, -0.2) is 16.8 Å². The average Bonchev–Trinajstić information content (AvgIpc) is 4.01. The maximum atomic E-state index is 13.0. The molecular weight excluding hydrogens is 636 g/mol. The van der Waals surface area contributed by atoms with Gasteiger partial charge in [-0.1, -0.05) is 0 Å². The number of aliphatic hydroxyl groups is 1. The molecule has 0 spiro atoms. The molecule has 2 saturated heterocycles. The van der Waals surface area contributed by atoms with Gasteiger partial charge in [0.15, 0.2) is 0 Å². The van der Waals surface area contributed by atoms with Crippen LogP contribution in [0, 0.1) is 0 Å². The first-order valence-corrected chi connectivity index (χ1v) is 17.5. The molecule has 4 aromatic carbocycles. The first-order valence-electron chi connectivity index (χ1n) is 14.5. The molecule has 0 aromatic heterocycles. The van der Waals surface area contributed by atoms with Gasteiger partial charge in [0.25, 0.3) is 0 Å². The predicted octanol–water partition coefficient (Wildman–Crippen LogP) is 3.73. The van der Waals surface area contributed by atoms with Crippen molar-refractivity contribution in [2.24, 2.45) is 0 Å². The van der Waals surface area contributed by atoms with Crippen LogP contribution in [0.1, 0.15) is 0 Å². The molecule has 2 heterocycles. The Hall–Kier alpha value is -4.14. The molecule has 2 unspecified atom stereocenters. The zero-order valence-corrected chi connectivity index (χ0v) is 26.2. The molecule has 11 nitrogen and oxygen atoms in total. The highest BCUT2D eigenvalue weighted by molar-refractivity contribution is 7.91. The summed E-state index contributed by atoms with van der Waals surface area (Å²) in [6.07, 6.45) is -0.799. The lowest BCUT2D eigenvalue weighted by atomic mass is 10.3. The average molecular weight is 669 g/mol. The molecule has 0 radical (unpaired) electrons. The summed E-state index contributed by atoms with van der Waals surface area (Å²) in [6, 6.07) is 24.2. The van der Waals surface area contributed by atoms with E-state index >= 15 is 0 Å². The number of aliphatic hydroxyl groups excluding tert-OH is 1. The number of rotatable bonds is 16. The third-order valence-corrected chi connectivity index (χ3v) is 10.7. The van der Waals surface area contributed by atoms with E-state index in [1.807, 2.05) is 0 Å². The van der Waals surface area contributed by atoms with E-state index in [-0.39, 0.29) is 45.0 Å². The van der Waals surface area contributed by atoms with E-state index in [1.54, 1.807) is 24.3 Å². The van der Waals surface area contributed by atoms with Crippen LogP contribution in [0.25, 0.3) is 0 Å². The van der Waals surface area contributed by atoms with Gasteiger partial charge in [-0.05, 0) is 97.1 Å². The van der Waals surface area contributed by atoms with Crippen molar-refractivity contribution >= 4 is 19.7 Å². The van der Waals surface area contributed by atoms with Crippen LogP contribution in [0.4, 0.5) is 0 Å². The molecule has 6 rings (SSSR count). The van der Waals surface area contributed by atoms with E-state index in [0.717, 1.165) is 0 Å². The summed E-state index contributed by atoms with van der Waals surface area (Å²) in [5, 5.41) is 10.3. The molecule has 242 valence electrons. The largest absolute Gasteiger partial charge is 0.491 e. The minimum atomic E-state index is -3.75. The maximum absolute atomic E-state index is 13.0. The minimum absolute atomic E-state index is 0.0969. The van der Waals surface area contributed by atoms with Crippen LogP contribution in [-0.2, 0) is 29.1 Å². The highest BCUT2D eigenvalue weighted by Crippen LogP contribution is 2.27. The number of hydrogen-bond donors (Lipinski definition) is 1. The second kappa shape index (κ2) is 13.7. The van der Waals surface area contributed by atoms with Crippen molar-refractivity contribution < 1.29 is 50.4 Å². The van der Waals surface area contributed by atoms with Crippen molar-refractivity contribution in [1.82, 2.24) is 0 Å². The molecule has 4 aromatic rings. The summed E-state index contributed by atoms with van der Waals surface area (Å²) in [4.78, 5) is 0.460. The first kappa shape index (κ1) is 31.8. The topological polar surface area (TPSA) is 150 Å². The second-order valence-corrected chi connectivity index (χ2v) is 14.6. The summed E-state index contributed by atoms with van der Waals surface area (Å²) in [7, 11) is -7.49. The zero-order valence-electron chi connectivity index (χ0n) is 24.6. The molecule has 2 atom stereocenters. The van der Waals surface area contributed by atoms with Gasteiger partial charge in [-0.3, -0.25) is 0 Å². The Morgan fingerprint density at radius 3 is 1.04 bits per heavy atom. The molecule has 0 bridgehead atoms. The Bertz CT molecular complexity index is 1680. The van der Waals surface area contributed by atoms with Crippen LogP contribution in [0.2, 0.25) is 0 Å². The van der Waals surface area contributed by atoms with Crippen LogP contribution in [0.3, 0.4) is 0 Å². The molecule has 2 fully saturated rings. The summed E-state index contributed by atoms with van der Waals surface area (Å²) < 4.78 is 84.6. The number of epoxide rings is 2. The van der Waals surface area contributed by atoms with Crippen LogP contribution in [0.5, 0.6) is 23.0 Å². The van der Waals surface area contributed by atoms with Gasteiger partial charge in [0.2, 0.25) is 19.7 Å². The molecule has 2 aliphatic rings. The van der Waals surface area contributed by atoms with Gasteiger partial charge in [-0.15, -0.1) is 0 Å². The van der Waals surface area contributed by atoms with Crippen LogP contribution < -0.4 is 18.9 Å². The van der Waals surface area contributed by atoms with Gasteiger partial charge in [0.1, 0.15) is 67.7 Å². The van der Waals surface area contributed by atoms with E-state index in [1.165, 1.54) is 72.8 Å². The number of benzene rings is 4. The van der Waals surface area contributed by atoms with Crippen molar-refractivity contribution in [2.45, 2.75) is 37.9 Å². The number of ether oxygens (including phenoxy) is 6. The zero-order chi connectivity index (χ0) is 32.1. The van der Waals surface area contributed by atoms with Crippen LogP contribution >= 0.6 is 0 Å². The molecule has 0 amide bonds. The standard InChI is InChI=1S/C33H32O11S2/c34-23(17-39-24-1-9-30(10-2-24)45(35,36)32-13-5-26(6-14-32)41-19-28-21-43-28)18-40-25-3-11-31(12-4-25)46(37,38)33-15-7-27(8-16-33)42-20-29-22-44-29/h1-16,23,28-29,34H,17-22H2. The third kappa shape index (κ3) is 8.17. The number of sulfone groups is 2. The van der Waals surface area contributed by atoms with Crippen molar-refractivity contribution in [3.63, 3.8) is 0 Å². The van der Waals surface area contributed by atoms with Crippen molar-refractivity contribution in [3.05, 3.63) is 97.1 Å². The van der Waals surface area contributed by atoms with E-state index in [4.69, 9.17) is 28.4 Å². The van der Waals surface area contributed by atoms with Gasteiger partial charge in [-0.2, -0.15) is 0 Å². The lowest BCUT2D eigenvalue weighted by Crippen LogP contribution is -2.25. The normalized spacial score (nSPS) is 17.9. The summed E-state index contributed by atoms with van der Waals surface area (Å²) >= 11 is 0. The summed E-state index contributed by atoms with van der Waals surface area (Å²) in [5.41, 5.74) is 0. The molecular formula is C33H32O11S2. The predicted molar refractivity (Wildman–Crippen MR) is 164 cm³/mol. The van der Waals surface area contributed by atoms with E-state index in [2.05, 4.69) is 0 Å². The molecule has 0 saturated carbocycles. The van der Waals surface area contributed by atoms with Crippen molar-refractivity contribution in [1.29, 1.82) is 0 Å². The molecule has 2 aliphatic heterocycles. The van der Waals surface area contributed by atoms with Gasteiger partial charge < -0.3 is 33.5 Å². The van der Waals surface area contributed by atoms with E-state index < -0.39 is 25.8 Å². The highest BCUT2D eigenvalue weighted by atomic mass is 32.2. The Morgan fingerprint density at radius 2 is 0.783 bits per heavy atom. The van der Waals surface area contributed by atoms with E-state index in [0.29, 0.717) is 49.4 Å². The Kier molecular flexibility index (Phi) is 9.47. The van der Waals surface area contributed by atoms with Crippen LogP contribution in [-0.4, -0.2) is 79.9 Å². The highest BCUT2D eigenvalue weighted by Gasteiger charge is 2.24. The maximum Gasteiger partial charge on any atom is 0.206 e. The molecule has 0 aliphatic carbocycles. The van der Waals surface area contributed by atoms with Gasteiger partial charge in [0, 0.05) is 0 Å². The summed E-state index contributed by atoms with van der Waals surface area (Å²) in [6.45, 7) is 1.99. The Balaban J connectivity index is 0.959. The van der Waals surface area contributed by atoms with Crippen molar-refractivity contribution in [2.75, 3.05) is 39.6 Å². The quantitative estimate of drug-likeness (QED) is 0.174. The fourth-order valence-corrected chi connectivity index (χ4v) is 6.79. The fourth-order valence-electron chi connectivity index (χ4n) is 4.27. The van der Waals surface area contributed by atoms with Gasteiger partial charge >= 0.3 is 0 Å². The molecule has 1 N–H and O–H groups in total. The van der Waals surface area contributed by atoms with Crippen molar-refractivity contribution in [3.8, 4) is 23.0 Å². The third-order valence-electron chi connectivity index (χ3n) is 7.10. The number of hydrogen-bond acceptors (Lipinski definition) is 11.